The zero-order valence-electron chi connectivity index (χ0n) is 9.49. The Balaban J connectivity index is 2.24. The number of aromatic nitrogens is 2. The maximum Gasteiger partial charge on any atom is 0.0936 e. The zero-order chi connectivity index (χ0) is 11.5. The van der Waals surface area contributed by atoms with Gasteiger partial charge in [-0.05, 0) is 20.3 Å². The fraction of sp³-hybridized carbons (Fsp3) is 0.333. The molecule has 0 N–H and O–H groups in total. The van der Waals surface area contributed by atoms with E-state index in [0.717, 1.165) is 29.2 Å². The molecule has 0 bridgehead atoms. The summed E-state index contributed by atoms with van der Waals surface area (Å²) in [7, 11) is 0. The van der Waals surface area contributed by atoms with Gasteiger partial charge >= 0.3 is 0 Å². The van der Waals surface area contributed by atoms with Gasteiger partial charge in [0.25, 0.3) is 0 Å². The van der Waals surface area contributed by atoms with Crippen molar-refractivity contribution in [1.82, 2.24) is 9.97 Å². The topological polar surface area (TPSA) is 25.8 Å². The average molecular weight is 250 g/mol. The smallest absolute Gasteiger partial charge is 0.0936 e. The molecular formula is C12H14N2S2. The standard InChI is InChI=1S/C12H14N2S2/c1-4-5-6-11-14-10(7-15-11)12-8(2)13-9(3)16-12/h4,7H,1,5-6H2,2-3H3. The van der Waals surface area contributed by atoms with Crippen molar-refractivity contribution in [2.75, 3.05) is 0 Å². The molecule has 0 saturated heterocycles. The molecule has 0 unspecified atom stereocenters. The lowest BCUT2D eigenvalue weighted by molar-refractivity contribution is 0.984. The summed E-state index contributed by atoms with van der Waals surface area (Å²) in [5.41, 5.74) is 2.16. The third kappa shape index (κ3) is 2.39. The summed E-state index contributed by atoms with van der Waals surface area (Å²) < 4.78 is 0. The summed E-state index contributed by atoms with van der Waals surface area (Å²) >= 11 is 3.44. The SMILES string of the molecule is C=CCCc1nc(-c2sc(C)nc2C)cs1. The van der Waals surface area contributed by atoms with E-state index in [1.807, 2.05) is 19.9 Å². The van der Waals surface area contributed by atoms with E-state index in [-0.39, 0.29) is 0 Å². The predicted octanol–water partition coefficient (Wildman–Crippen LogP) is 4.00. The highest BCUT2D eigenvalue weighted by Crippen LogP contribution is 2.30. The van der Waals surface area contributed by atoms with Crippen molar-refractivity contribution >= 4 is 22.7 Å². The molecule has 2 rings (SSSR count). The van der Waals surface area contributed by atoms with E-state index in [2.05, 4.69) is 21.9 Å². The van der Waals surface area contributed by atoms with Crippen molar-refractivity contribution in [2.24, 2.45) is 0 Å². The molecule has 4 heteroatoms. The highest BCUT2D eigenvalue weighted by atomic mass is 32.1. The summed E-state index contributed by atoms with van der Waals surface area (Å²) in [5.74, 6) is 0. The highest BCUT2D eigenvalue weighted by molar-refractivity contribution is 7.15. The molecule has 0 radical (unpaired) electrons. The van der Waals surface area contributed by atoms with Crippen LogP contribution < -0.4 is 0 Å². The lowest BCUT2D eigenvalue weighted by atomic mass is 10.3. The minimum Gasteiger partial charge on any atom is -0.246 e. The lowest BCUT2D eigenvalue weighted by Crippen LogP contribution is -1.82. The maximum absolute atomic E-state index is 4.63. The van der Waals surface area contributed by atoms with E-state index in [1.54, 1.807) is 22.7 Å². The van der Waals surface area contributed by atoms with Crippen LogP contribution in [0.4, 0.5) is 0 Å². The molecule has 0 atom stereocenters. The molecular weight excluding hydrogens is 236 g/mol. The van der Waals surface area contributed by atoms with Crippen LogP contribution in [0.1, 0.15) is 22.1 Å². The van der Waals surface area contributed by atoms with E-state index < -0.39 is 0 Å². The van der Waals surface area contributed by atoms with E-state index >= 15 is 0 Å². The number of hydrogen-bond donors (Lipinski definition) is 0. The predicted molar refractivity (Wildman–Crippen MR) is 71.2 cm³/mol. The number of thiazole rings is 2. The number of aryl methyl sites for hydroxylation is 3. The van der Waals surface area contributed by atoms with Crippen LogP contribution in [0.2, 0.25) is 0 Å². The van der Waals surface area contributed by atoms with Crippen LogP contribution in [0.5, 0.6) is 0 Å². The summed E-state index contributed by atoms with van der Waals surface area (Å²) in [5, 5.41) is 4.41. The fourth-order valence-electron chi connectivity index (χ4n) is 1.52. The second-order valence-electron chi connectivity index (χ2n) is 3.60. The minimum absolute atomic E-state index is 0.991. The Morgan fingerprint density at radius 2 is 2.19 bits per heavy atom. The molecule has 0 aromatic carbocycles. The van der Waals surface area contributed by atoms with Gasteiger partial charge in [-0.25, -0.2) is 9.97 Å². The van der Waals surface area contributed by atoms with Crippen LogP contribution in [0, 0.1) is 13.8 Å². The summed E-state index contributed by atoms with van der Waals surface area (Å²) in [6.45, 7) is 7.80. The van der Waals surface area contributed by atoms with Crippen LogP contribution in [-0.2, 0) is 6.42 Å². The monoisotopic (exact) mass is 250 g/mol. The van der Waals surface area contributed by atoms with Crippen molar-refractivity contribution in [2.45, 2.75) is 26.7 Å². The summed E-state index contributed by atoms with van der Waals surface area (Å²) in [6, 6.07) is 0. The Morgan fingerprint density at radius 3 is 2.81 bits per heavy atom. The third-order valence-corrected chi connectivity index (χ3v) is 4.25. The van der Waals surface area contributed by atoms with E-state index in [9.17, 15) is 0 Å². The van der Waals surface area contributed by atoms with Gasteiger partial charge in [0.1, 0.15) is 0 Å². The Labute approximate surface area is 104 Å². The number of nitrogens with zero attached hydrogens (tertiary/aromatic N) is 2. The van der Waals surface area contributed by atoms with Gasteiger partial charge in [-0.3, -0.25) is 0 Å². The van der Waals surface area contributed by atoms with Gasteiger partial charge in [-0.1, -0.05) is 6.08 Å². The molecule has 2 aromatic rings. The molecule has 16 heavy (non-hydrogen) atoms. The highest BCUT2D eigenvalue weighted by Gasteiger charge is 2.10. The van der Waals surface area contributed by atoms with E-state index in [1.165, 1.54) is 9.88 Å². The third-order valence-electron chi connectivity index (χ3n) is 2.25. The molecule has 2 heterocycles. The van der Waals surface area contributed by atoms with Gasteiger partial charge in [-0.15, -0.1) is 29.3 Å². The van der Waals surface area contributed by atoms with Crippen LogP contribution in [0.25, 0.3) is 10.6 Å². The molecule has 84 valence electrons. The van der Waals surface area contributed by atoms with Gasteiger partial charge in [0.2, 0.25) is 0 Å². The average Bonchev–Trinajstić information content (AvgIpc) is 2.82. The van der Waals surface area contributed by atoms with Gasteiger partial charge in [0.15, 0.2) is 0 Å². The molecule has 0 aliphatic rings. The van der Waals surface area contributed by atoms with Crippen molar-refractivity contribution in [3.8, 4) is 10.6 Å². The molecule has 0 aliphatic carbocycles. The Hall–Kier alpha value is -1.00. The molecule has 0 aliphatic heterocycles. The molecule has 0 amide bonds. The molecule has 2 aromatic heterocycles. The van der Waals surface area contributed by atoms with E-state index in [0.29, 0.717) is 0 Å². The van der Waals surface area contributed by atoms with Gasteiger partial charge < -0.3 is 0 Å². The van der Waals surface area contributed by atoms with Crippen LogP contribution in [0.3, 0.4) is 0 Å². The Morgan fingerprint density at radius 1 is 1.38 bits per heavy atom. The quantitative estimate of drug-likeness (QED) is 0.766. The molecule has 0 saturated carbocycles. The van der Waals surface area contributed by atoms with Crippen molar-refractivity contribution in [1.29, 1.82) is 0 Å². The van der Waals surface area contributed by atoms with Gasteiger partial charge in [0, 0.05) is 11.8 Å². The zero-order valence-corrected chi connectivity index (χ0v) is 11.1. The van der Waals surface area contributed by atoms with Crippen LogP contribution in [0.15, 0.2) is 18.0 Å². The van der Waals surface area contributed by atoms with Gasteiger partial charge in [-0.2, -0.15) is 0 Å². The first-order chi connectivity index (χ1) is 7.70. The molecule has 0 fully saturated rings. The first kappa shape index (κ1) is 11.5. The second kappa shape index (κ2) is 4.89. The van der Waals surface area contributed by atoms with Gasteiger partial charge in [0.05, 0.1) is 26.3 Å². The lowest BCUT2D eigenvalue weighted by Gasteiger charge is -1.91. The van der Waals surface area contributed by atoms with Crippen molar-refractivity contribution in [3.05, 3.63) is 33.7 Å². The molecule has 2 nitrogen and oxygen atoms in total. The number of allylic oxidation sites excluding steroid dienone is 1. The number of hydrogen-bond acceptors (Lipinski definition) is 4. The number of rotatable bonds is 4. The fourth-order valence-corrected chi connectivity index (χ4v) is 3.28. The summed E-state index contributed by atoms with van der Waals surface area (Å²) in [6.07, 6.45) is 3.92. The van der Waals surface area contributed by atoms with E-state index in [4.69, 9.17) is 0 Å². The largest absolute Gasteiger partial charge is 0.246 e. The molecule has 0 spiro atoms. The maximum atomic E-state index is 4.63. The summed E-state index contributed by atoms with van der Waals surface area (Å²) in [4.78, 5) is 10.3. The first-order valence-electron chi connectivity index (χ1n) is 5.20. The Kier molecular flexibility index (Phi) is 3.51. The second-order valence-corrected chi connectivity index (χ2v) is 5.75. The van der Waals surface area contributed by atoms with Crippen LogP contribution in [-0.4, -0.2) is 9.97 Å². The normalized spacial score (nSPS) is 10.6. The first-order valence-corrected chi connectivity index (χ1v) is 6.90. The minimum atomic E-state index is 0.991. The van der Waals surface area contributed by atoms with Crippen molar-refractivity contribution < 1.29 is 0 Å². The van der Waals surface area contributed by atoms with Crippen LogP contribution >= 0.6 is 22.7 Å². The Bertz CT molecular complexity index is 497. The van der Waals surface area contributed by atoms with Crippen molar-refractivity contribution in [3.63, 3.8) is 0 Å².